The van der Waals surface area contributed by atoms with Crippen LogP contribution in [0.2, 0.25) is 0 Å². The lowest BCUT2D eigenvalue weighted by Crippen LogP contribution is -2.39. The largest absolute Gasteiger partial charge is 0.454 e. The van der Waals surface area contributed by atoms with Crippen LogP contribution in [0.3, 0.4) is 0 Å². The number of fused-ring (bicyclic) bond motifs is 1. The number of para-hydroxylation sites is 1. The second-order valence-corrected chi connectivity index (χ2v) is 5.81. The quantitative estimate of drug-likeness (QED) is 0.598. The number of amides is 1. The minimum Gasteiger partial charge on any atom is -0.454 e. The highest BCUT2D eigenvalue weighted by molar-refractivity contribution is 5.94. The molecule has 1 aliphatic heterocycles. The number of carbonyl (C=O) groups is 1. The van der Waals surface area contributed by atoms with Gasteiger partial charge in [0.2, 0.25) is 6.79 Å². The van der Waals surface area contributed by atoms with Gasteiger partial charge in [-0.1, -0.05) is 23.4 Å². The first-order valence-electron chi connectivity index (χ1n) is 8.07. The monoisotopic (exact) mass is 340 g/mol. The molecule has 3 rings (SSSR count). The molecule has 6 heteroatoms. The van der Waals surface area contributed by atoms with Gasteiger partial charge in [-0.2, -0.15) is 0 Å². The van der Waals surface area contributed by atoms with Crippen molar-refractivity contribution in [1.29, 1.82) is 0 Å². The van der Waals surface area contributed by atoms with Gasteiger partial charge in [0.05, 0.1) is 6.21 Å². The van der Waals surface area contributed by atoms with Crippen LogP contribution in [0.5, 0.6) is 11.5 Å². The van der Waals surface area contributed by atoms with Crippen LogP contribution in [-0.2, 0) is 9.63 Å². The summed E-state index contributed by atoms with van der Waals surface area (Å²) in [5.74, 6) is 1.24. The predicted octanol–water partition coefficient (Wildman–Crippen LogP) is 3.21. The van der Waals surface area contributed by atoms with Crippen molar-refractivity contribution in [2.24, 2.45) is 5.16 Å². The summed E-state index contributed by atoms with van der Waals surface area (Å²) in [4.78, 5) is 19.3. The molecule has 6 nitrogen and oxygen atoms in total. The minimum atomic E-state index is -0.149. The Bertz CT molecular complexity index is 759. The molecule has 1 amide bonds. The summed E-state index contributed by atoms with van der Waals surface area (Å²) in [6.45, 7) is 4.02. The molecule has 0 aromatic heterocycles. The van der Waals surface area contributed by atoms with Crippen LogP contribution in [0.15, 0.2) is 53.7 Å². The Kier molecular flexibility index (Phi) is 5.18. The third kappa shape index (κ3) is 4.09. The van der Waals surface area contributed by atoms with Gasteiger partial charge in [-0.15, -0.1) is 0 Å². The van der Waals surface area contributed by atoms with E-state index in [1.165, 1.54) is 6.21 Å². The molecule has 2 aromatic carbocycles. The molecule has 130 valence electrons. The molecule has 0 spiro atoms. The molecule has 0 saturated carbocycles. The van der Waals surface area contributed by atoms with Gasteiger partial charge in [0.15, 0.2) is 18.1 Å². The van der Waals surface area contributed by atoms with E-state index in [9.17, 15) is 4.79 Å². The Labute approximate surface area is 146 Å². The molecule has 1 heterocycles. The van der Waals surface area contributed by atoms with E-state index in [0.29, 0.717) is 11.5 Å². The van der Waals surface area contributed by atoms with Crippen LogP contribution in [0.25, 0.3) is 0 Å². The van der Waals surface area contributed by atoms with Gasteiger partial charge in [-0.25, -0.2) is 0 Å². The summed E-state index contributed by atoms with van der Waals surface area (Å²) in [6.07, 6.45) is 1.54. The van der Waals surface area contributed by atoms with E-state index in [4.69, 9.17) is 14.3 Å². The van der Waals surface area contributed by atoms with Gasteiger partial charge in [-0.05, 0) is 44.2 Å². The van der Waals surface area contributed by atoms with E-state index < -0.39 is 0 Å². The summed E-state index contributed by atoms with van der Waals surface area (Å²) in [7, 11) is 0. The van der Waals surface area contributed by atoms with Crippen molar-refractivity contribution < 1.29 is 19.1 Å². The fourth-order valence-electron chi connectivity index (χ4n) is 2.57. The molecule has 1 aliphatic rings. The lowest BCUT2D eigenvalue weighted by atomic mass is 10.2. The van der Waals surface area contributed by atoms with Crippen LogP contribution in [0.4, 0.5) is 5.69 Å². The molecule has 2 aromatic rings. The first kappa shape index (κ1) is 16.8. The molecule has 0 radical (unpaired) electrons. The summed E-state index contributed by atoms with van der Waals surface area (Å²) < 4.78 is 10.6. The van der Waals surface area contributed by atoms with Gasteiger partial charge in [0.25, 0.3) is 5.91 Å². The van der Waals surface area contributed by atoms with Gasteiger partial charge < -0.3 is 19.2 Å². The van der Waals surface area contributed by atoms with E-state index in [1.54, 1.807) is 11.0 Å². The van der Waals surface area contributed by atoms with Crippen LogP contribution in [0.1, 0.15) is 19.4 Å². The van der Waals surface area contributed by atoms with Crippen LogP contribution in [0, 0.1) is 0 Å². The summed E-state index contributed by atoms with van der Waals surface area (Å²) >= 11 is 0. The van der Waals surface area contributed by atoms with Gasteiger partial charge in [0.1, 0.15) is 0 Å². The van der Waals surface area contributed by atoms with Crippen molar-refractivity contribution in [3.63, 3.8) is 0 Å². The Balaban J connectivity index is 1.58. The zero-order valence-electron chi connectivity index (χ0n) is 14.2. The van der Waals surface area contributed by atoms with Crippen molar-refractivity contribution in [2.45, 2.75) is 19.9 Å². The van der Waals surface area contributed by atoms with Gasteiger partial charge in [-0.3, -0.25) is 4.79 Å². The Morgan fingerprint density at radius 2 is 1.96 bits per heavy atom. The summed E-state index contributed by atoms with van der Waals surface area (Å²) in [5.41, 5.74) is 1.64. The Hall–Kier alpha value is -3.02. The fourth-order valence-corrected chi connectivity index (χ4v) is 2.57. The molecular formula is C19H20N2O4. The molecular weight excluding hydrogens is 320 g/mol. The number of anilines is 1. The third-order valence-electron chi connectivity index (χ3n) is 3.68. The number of benzene rings is 2. The van der Waals surface area contributed by atoms with E-state index in [1.807, 2.05) is 56.3 Å². The maximum absolute atomic E-state index is 12.4. The molecule has 0 fully saturated rings. The molecule has 0 N–H and O–H groups in total. The van der Waals surface area contributed by atoms with E-state index in [2.05, 4.69) is 5.16 Å². The second-order valence-electron chi connectivity index (χ2n) is 5.81. The normalized spacial score (nSPS) is 12.6. The van der Waals surface area contributed by atoms with Crippen molar-refractivity contribution in [3.8, 4) is 11.5 Å². The number of rotatable bonds is 6. The van der Waals surface area contributed by atoms with Crippen molar-refractivity contribution in [3.05, 3.63) is 54.1 Å². The van der Waals surface area contributed by atoms with E-state index >= 15 is 0 Å². The van der Waals surface area contributed by atoms with Gasteiger partial charge in [0, 0.05) is 17.3 Å². The zero-order chi connectivity index (χ0) is 17.6. The topological polar surface area (TPSA) is 60.4 Å². The Morgan fingerprint density at radius 1 is 1.20 bits per heavy atom. The summed E-state index contributed by atoms with van der Waals surface area (Å²) in [5, 5.41) is 3.87. The molecule has 0 aliphatic carbocycles. The maximum Gasteiger partial charge on any atom is 0.267 e. The van der Waals surface area contributed by atoms with E-state index in [-0.39, 0.29) is 25.3 Å². The van der Waals surface area contributed by atoms with Crippen molar-refractivity contribution in [2.75, 3.05) is 18.3 Å². The third-order valence-corrected chi connectivity index (χ3v) is 3.68. The number of nitrogens with zero attached hydrogens (tertiary/aromatic N) is 2. The van der Waals surface area contributed by atoms with Crippen LogP contribution in [-0.4, -0.2) is 31.6 Å². The number of hydrogen-bond donors (Lipinski definition) is 0. The first-order chi connectivity index (χ1) is 12.1. The molecule has 0 bridgehead atoms. The molecule has 0 saturated heterocycles. The summed E-state index contributed by atoms with van der Waals surface area (Å²) in [6, 6.07) is 15.0. The molecule has 0 atom stereocenters. The highest BCUT2D eigenvalue weighted by Gasteiger charge is 2.19. The number of ether oxygens (including phenoxy) is 2. The SMILES string of the molecule is CC(C)N(C(=O)CO/N=C/c1ccc2c(c1)OCO2)c1ccccc1. The number of hydrogen-bond acceptors (Lipinski definition) is 5. The maximum atomic E-state index is 12.4. The standard InChI is InChI=1S/C19H20N2O4/c1-14(2)21(16-6-4-3-5-7-16)19(22)12-25-20-11-15-8-9-17-18(10-15)24-13-23-17/h3-11,14H,12-13H2,1-2H3/b20-11+. The van der Waals surface area contributed by atoms with Gasteiger partial charge >= 0.3 is 0 Å². The smallest absolute Gasteiger partial charge is 0.267 e. The predicted molar refractivity (Wildman–Crippen MR) is 95.2 cm³/mol. The minimum absolute atomic E-state index is 0.0244. The Morgan fingerprint density at radius 3 is 2.72 bits per heavy atom. The van der Waals surface area contributed by atoms with E-state index in [0.717, 1.165) is 11.3 Å². The average molecular weight is 340 g/mol. The fraction of sp³-hybridized carbons (Fsp3) is 0.263. The lowest BCUT2D eigenvalue weighted by molar-refractivity contribution is -0.123. The number of oxime groups is 1. The second kappa shape index (κ2) is 7.70. The molecule has 0 unspecified atom stereocenters. The molecule has 25 heavy (non-hydrogen) atoms. The number of carbonyl (C=O) groups excluding carboxylic acids is 1. The van der Waals surface area contributed by atoms with Crippen LogP contribution >= 0.6 is 0 Å². The van der Waals surface area contributed by atoms with Crippen LogP contribution < -0.4 is 14.4 Å². The van der Waals surface area contributed by atoms with Crippen molar-refractivity contribution in [1.82, 2.24) is 0 Å². The lowest BCUT2D eigenvalue weighted by Gasteiger charge is -2.26. The first-order valence-corrected chi connectivity index (χ1v) is 8.07. The average Bonchev–Trinajstić information content (AvgIpc) is 3.07. The highest BCUT2D eigenvalue weighted by Crippen LogP contribution is 2.31. The zero-order valence-corrected chi connectivity index (χ0v) is 14.2. The highest BCUT2D eigenvalue weighted by atomic mass is 16.7. The van der Waals surface area contributed by atoms with Crippen molar-refractivity contribution >= 4 is 17.8 Å².